The van der Waals surface area contributed by atoms with E-state index in [1.54, 1.807) is 0 Å². The quantitative estimate of drug-likeness (QED) is 0.518. The van der Waals surface area contributed by atoms with Gasteiger partial charge in [-0.2, -0.15) is 0 Å². The van der Waals surface area contributed by atoms with Crippen LogP contribution in [-0.4, -0.2) is 11.2 Å². The standard InChI is InChI=1S/C27H48O/c1-18(2)9-14-25(28)19(3)22-12-13-23-21-11-10-20-8-6-7-16-26(20,4)24(21)15-17-27(22,23)5/h18-25,28H,6-17H2,1-5H3/t19-,20?,21-,22+,23-,24-,25-,26-,27+/m0/s1. The number of aliphatic hydroxyl groups is 1. The average Bonchev–Trinajstić information content (AvgIpc) is 3.02. The van der Waals surface area contributed by atoms with Gasteiger partial charge in [0.25, 0.3) is 0 Å². The number of aliphatic hydroxyl groups excluding tert-OH is 1. The van der Waals surface area contributed by atoms with Gasteiger partial charge in [-0.15, -0.1) is 0 Å². The Labute approximate surface area is 175 Å². The fraction of sp³-hybridized carbons (Fsp3) is 1.00. The highest BCUT2D eigenvalue weighted by atomic mass is 16.3. The molecule has 1 nitrogen and oxygen atoms in total. The third-order valence-electron chi connectivity index (χ3n) is 10.9. The number of fused-ring (bicyclic) bond motifs is 5. The van der Waals surface area contributed by atoms with E-state index in [0.29, 0.717) is 22.7 Å². The van der Waals surface area contributed by atoms with Crippen molar-refractivity contribution in [3.63, 3.8) is 0 Å². The lowest BCUT2D eigenvalue weighted by molar-refractivity contribution is -0.118. The second kappa shape index (κ2) is 7.90. The summed E-state index contributed by atoms with van der Waals surface area (Å²) in [6.07, 6.45) is 16.9. The van der Waals surface area contributed by atoms with Crippen molar-refractivity contribution in [2.24, 2.45) is 52.3 Å². The molecule has 0 amide bonds. The molecule has 0 radical (unpaired) electrons. The fourth-order valence-corrected chi connectivity index (χ4v) is 9.23. The molecule has 1 unspecified atom stereocenters. The van der Waals surface area contributed by atoms with E-state index >= 15 is 0 Å². The van der Waals surface area contributed by atoms with E-state index in [1.807, 2.05) is 0 Å². The van der Waals surface area contributed by atoms with Crippen LogP contribution in [0.1, 0.15) is 112 Å². The van der Waals surface area contributed by atoms with Gasteiger partial charge in [0.05, 0.1) is 6.10 Å². The van der Waals surface area contributed by atoms with Gasteiger partial charge in [-0.1, -0.05) is 47.5 Å². The third-order valence-corrected chi connectivity index (χ3v) is 10.9. The van der Waals surface area contributed by atoms with Gasteiger partial charge in [0, 0.05) is 0 Å². The van der Waals surface area contributed by atoms with E-state index in [-0.39, 0.29) is 6.10 Å². The van der Waals surface area contributed by atoms with Crippen LogP contribution in [0.5, 0.6) is 0 Å². The van der Waals surface area contributed by atoms with Crippen LogP contribution < -0.4 is 0 Å². The average molecular weight is 389 g/mol. The van der Waals surface area contributed by atoms with E-state index in [1.165, 1.54) is 70.6 Å². The van der Waals surface area contributed by atoms with E-state index < -0.39 is 0 Å². The number of hydrogen-bond donors (Lipinski definition) is 1. The Morgan fingerprint density at radius 3 is 2.29 bits per heavy atom. The van der Waals surface area contributed by atoms with E-state index in [4.69, 9.17) is 0 Å². The van der Waals surface area contributed by atoms with Gasteiger partial charge in [0.1, 0.15) is 0 Å². The van der Waals surface area contributed by atoms with Crippen LogP contribution in [0.15, 0.2) is 0 Å². The Bertz CT molecular complexity index is 540. The van der Waals surface area contributed by atoms with Gasteiger partial charge < -0.3 is 5.11 Å². The molecule has 0 saturated heterocycles. The first kappa shape index (κ1) is 21.2. The Morgan fingerprint density at radius 2 is 1.54 bits per heavy atom. The SMILES string of the molecule is CC(C)CC[C@H](O)[C@@H](C)[C@H]1CC[C@H]2[C@@H]3CCC4CCCC[C@]4(C)[C@H]3CC[C@]12C. The molecule has 4 aliphatic carbocycles. The first-order chi connectivity index (χ1) is 13.3. The molecular formula is C27H48O. The summed E-state index contributed by atoms with van der Waals surface area (Å²) >= 11 is 0. The lowest BCUT2D eigenvalue weighted by atomic mass is 9.44. The van der Waals surface area contributed by atoms with Crippen LogP contribution in [0.25, 0.3) is 0 Å². The summed E-state index contributed by atoms with van der Waals surface area (Å²) in [6.45, 7) is 12.3. The second-order valence-electron chi connectivity index (χ2n) is 12.5. The van der Waals surface area contributed by atoms with Gasteiger partial charge >= 0.3 is 0 Å². The molecule has 9 atom stereocenters. The van der Waals surface area contributed by atoms with E-state index in [0.717, 1.165) is 36.0 Å². The minimum Gasteiger partial charge on any atom is -0.393 e. The molecular weight excluding hydrogens is 340 g/mol. The number of rotatable bonds is 5. The Morgan fingerprint density at radius 1 is 0.786 bits per heavy atom. The summed E-state index contributed by atoms with van der Waals surface area (Å²) in [4.78, 5) is 0. The van der Waals surface area contributed by atoms with Gasteiger partial charge in [-0.3, -0.25) is 0 Å². The van der Waals surface area contributed by atoms with Crippen LogP contribution in [0, 0.1) is 52.3 Å². The molecule has 0 aromatic carbocycles. The van der Waals surface area contributed by atoms with Gasteiger partial charge in [0.2, 0.25) is 0 Å². The maximum Gasteiger partial charge on any atom is 0.0568 e. The van der Waals surface area contributed by atoms with Gasteiger partial charge in [0.15, 0.2) is 0 Å². The molecule has 0 heterocycles. The molecule has 0 aliphatic heterocycles. The van der Waals surface area contributed by atoms with Crippen molar-refractivity contribution >= 4 is 0 Å². The van der Waals surface area contributed by atoms with Crippen molar-refractivity contribution in [1.29, 1.82) is 0 Å². The first-order valence-electron chi connectivity index (χ1n) is 13.0. The van der Waals surface area contributed by atoms with Crippen LogP contribution >= 0.6 is 0 Å². The molecule has 1 N–H and O–H groups in total. The largest absolute Gasteiger partial charge is 0.393 e. The van der Waals surface area contributed by atoms with Crippen LogP contribution in [-0.2, 0) is 0 Å². The van der Waals surface area contributed by atoms with Gasteiger partial charge in [-0.25, -0.2) is 0 Å². The molecule has 1 heteroatoms. The second-order valence-corrected chi connectivity index (χ2v) is 12.5. The van der Waals surface area contributed by atoms with Crippen LogP contribution in [0.3, 0.4) is 0 Å². The highest BCUT2D eigenvalue weighted by Crippen LogP contribution is 2.68. The van der Waals surface area contributed by atoms with Gasteiger partial charge in [-0.05, 0) is 116 Å². The molecule has 0 aromatic heterocycles. The molecule has 0 aromatic rings. The third kappa shape index (κ3) is 3.40. The molecule has 0 bridgehead atoms. The molecule has 4 aliphatic rings. The van der Waals surface area contributed by atoms with E-state index in [9.17, 15) is 5.11 Å². The molecule has 4 rings (SSSR count). The zero-order valence-electron chi connectivity index (χ0n) is 19.6. The first-order valence-corrected chi connectivity index (χ1v) is 13.0. The monoisotopic (exact) mass is 388 g/mol. The summed E-state index contributed by atoms with van der Waals surface area (Å²) in [7, 11) is 0. The van der Waals surface area contributed by atoms with Crippen molar-refractivity contribution in [2.75, 3.05) is 0 Å². The van der Waals surface area contributed by atoms with Crippen molar-refractivity contribution in [1.82, 2.24) is 0 Å². The van der Waals surface area contributed by atoms with Crippen LogP contribution in [0.4, 0.5) is 0 Å². The molecule has 0 spiro atoms. The maximum atomic E-state index is 11.0. The zero-order valence-corrected chi connectivity index (χ0v) is 19.6. The Kier molecular flexibility index (Phi) is 5.98. The lowest BCUT2D eigenvalue weighted by Gasteiger charge is -2.61. The lowest BCUT2D eigenvalue weighted by Crippen LogP contribution is -2.53. The highest BCUT2D eigenvalue weighted by Gasteiger charge is 2.60. The van der Waals surface area contributed by atoms with Crippen molar-refractivity contribution < 1.29 is 5.11 Å². The molecule has 4 saturated carbocycles. The van der Waals surface area contributed by atoms with Crippen molar-refractivity contribution in [3.8, 4) is 0 Å². The predicted octanol–water partition coefficient (Wildman–Crippen LogP) is 7.47. The molecule has 28 heavy (non-hydrogen) atoms. The highest BCUT2D eigenvalue weighted by molar-refractivity contribution is 5.09. The molecule has 162 valence electrons. The normalized spacial score (nSPS) is 47.9. The zero-order chi connectivity index (χ0) is 20.1. The smallest absolute Gasteiger partial charge is 0.0568 e. The summed E-state index contributed by atoms with van der Waals surface area (Å²) < 4.78 is 0. The summed E-state index contributed by atoms with van der Waals surface area (Å²) in [5.41, 5.74) is 1.15. The minimum absolute atomic E-state index is 0.0905. The minimum atomic E-state index is -0.0905. The summed E-state index contributed by atoms with van der Waals surface area (Å²) in [6, 6.07) is 0. The Hall–Kier alpha value is -0.0400. The van der Waals surface area contributed by atoms with E-state index in [2.05, 4.69) is 34.6 Å². The summed E-state index contributed by atoms with van der Waals surface area (Å²) in [5, 5.41) is 11.0. The maximum absolute atomic E-state index is 11.0. The topological polar surface area (TPSA) is 20.2 Å². The number of hydrogen-bond acceptors (Lipinski definition) is 1. The van der Waals surface area contributed by atoms with Crippen molar-refractivity contribution in [2.45, 2.75) is 118 Å². The summed E-state index contributed by atoms with van der Waals surface area (Å²) in [5.74, 6) is 5.89. The Balaban J connectivity index is 1.49. The fourth-order valence-electron chi connectivity index (χ4n) is 9.23. The molecule has 4 fully saturated rings. The predicted molar refractivity (Wildman–Crippen MR) is 119 cm³/mol. The van der Waals surface area contributed by atoms with Crippen LogP contribution in [0.2, 0.25) is 0 Å². The van der Waals surface area contributed by atoms with Crippen molar-refractivity contribution in [3.05, 3.63) is 0 Å².